The van der Waals surface area contributed by atoms with Gasteiger partial charge in [-0.15, -0.1) is 6.58 Å². The zero-order valence-electron chi connectivity index (χ0n) is 15.2. The van der Waals surface area contributed by atoms with Gasteiger partial charge in [0.1, 0.15) is 5.60 Å². The van der Waals surface area contributed by atoms with Gasteiger partial charge in [0.15, 0.2) is 15.0 Å². The molecule has 2 aliphatic rings. The Kier molecular flexibility index (Phi) is 6.38. The number of fused-ring (bicyclic) bond motifs is 1. The van der Waals surface area contributed by atoms with Crippen molar-refractivity contribution < 1.29 is 22.7 Å². The lowest BCUT2D eigenvalue weighted by Crippen LogP contribution is -2.37. The van der Waals surface area contributed by atoms with Gasteiger partial charge in [-0.2, -0.15) is 4.99 Å². The second-order valence-electron chi connectivity index (χ2n) is 7.21. The summed E-state index contributed by atoms with van der Waals surface area (Å²) < 4.78 is 28.7. The third-order valence-electron chi connectivity index (χ3n) is 3.73. The minimum atomic E-state index is -3.05. The monoisotopic (exact) mass is 403 g/mol. The van der Waals surface area contributed by atoms with E-state index in [-0.39, 0.29) is 41.7 Å². The van der Waals surface area contributed by atoms with Crippen molar-refractivity contribution in [2.45, 2.75) is 44.1 Å². The van der Waals surface area contributed by atoms with Crippen molar-refractivity contribution in [2.75, 3.05) is 24.6 Å². The Balaban J connectivity index is 1.91. The summed E-state index contributed by atoms with van der Waals surface area (Å²) in [4.78, 5) is 29.6. The zero-order chi connectivity index (χ0) is 19.5. The van der Waals surface area contributed by atoms with E-state index in [1.54, 1.807) is 26.8 Å². The Bertz CT molecular complexity index is 712. The molecule has 0 aromatic carbocycles. The first-order valence-electron chi connectivity index (χ1n) is 8.34. The van der Waals surface area contributed by atoms with Gasteiger partial charge in [0, 0.05) is 24.8 Å². The molecule has 10 heteroatoms. The lowest BCUT2D eigenvalue weighted by atomic mass is 10.2. The van der Waals surface area contributed by atoms with Crippen molar-refractivity contribution in [2.24, 2.45) is 4.99 Å². The van der Waals surface area contributed by atoms with E-state index in [4.69, 9.17) is 4.74 Å². The first-order valence-corrected chi connectivity index (χ1v) is 11.0. The third-order valence-corrected chi connectivity index (χ3v) is 6.98. The number of rotatable bonds is 5. The molecule has 0 radical (unpaired) electrons. The molecular formula is C16H25N3O5S2. The first-order chi connectivity index (χ1) is 12.0. The number of carbonyl (C=O) groups excluding carboxylic acids is 2. The van der Waals surface area contributed by atoms with Gasteiger partial charge in [-0.3, -0.25) is 4.79 Å². The number of amidine groups is 1. The fourth-order valence-electron chi connectivity index (χ4n) is 2.74. The van der Waals surface area contributed by atoms with Gasteiger partial charge < -0.3 is 15.0 Å². The van der Waals surface area contributed by atoms with Crippen LogP contribution >= 0.6 is 11.8 Å². The van der Waals surface area contributed by atoms with E-state index < -0.39 is 21.5 Å². The highest BCUT2D eigenvalue weighted by molar-refractivity contribution is 8.15. The fourth-order valence-corrected chi connectivity index (χ4v) is 6.71. The van der Waals surface area contributed by atoms with E-state index in [2.05, 4.69) is 16.9 Å². The van der Waals surface area contributed by atoms with E-state index >= 15 is 0 Å². The van der Waals surface area contributed by atoms with Gasteiger partial charge >= 0.3 is 6.09 Å². The Morgan fingerprint density at radius 3 is 2.73 bits per heavy atom. The number of aliphatic imine (C=N–C) groups is 1. The van der Waals surface area contributed by atoms with Crippen molar-refractivity contribution in [3.8, 4) is 0 Å². The zero-order valence-corrected chi connectivity index (χ0v) is 16.9. The van der Waals surface area contributed by atoms with Crippen LogP contribution in [-0.2, 0) is 19.4 Å². The molecule has 0 aromatic heterocycles. The number of ether oxygens (including phenoxy) is 1. The number of carbonyl (C=O) groups is 2. The molecule has 1 N–H and O–H groups in total. The number of hydrogen-bond donors (Lipinski definition) is 1. The number of nitrogens with zero attached hydrogens (tertiary/aromatic N) is 2. The van der Waals surface area contributed by atoms with Crippen LogP contribution in [0.4, 0.5) is 4.79 Å². The van der Waals surface area contributed by atoms with Crippen LogP contribution in [0.15, 0.2) is 17.6 Å². The van der Waals surface area contributed by atoms with E-state index in [0.29, 0.717) is 11.7 Å². The average molecular weight is 404 g/mol. The molecular weight excluding hydrogens is 378 g/mol. The molecule has 146 valence electrons. The van der Waals surface area contributed by atoms with E-state index in [0.717, 1.165) is 0 Å². The molecule has 0 unspecified atom stereocenters. The van der Waals surface area contributed by atoms with E-state index in [1.165, 1.54) is 11.8 Å². The maximum atomic E-state index is 12.1. The minimum absolute atomic E-state index is 0.0405. The number of alkyl carbamates (subject to hydrolysis) is 1. The maximum absolute atomic E-state index is 12.1. The van der Waals surface area contributed by atoms with Crippen molar-refractivity contribution in [3.63, 3.8) is 0 Å². The van der Waals surface area contributed by atoms with Crippen LogP contribution in [0.3, 0.4) is 0 Å². The van der Waals surface area contributed by atoms with Gasteiger partial charge in [0.25, 0.3) is 0 Å². The molecule has 2 saturated heterocycles. The van der Waals surface area contributed by atoms with E-state index in [9.17, 15) is 18.0 Å². The van der Waals surface area contributed by atoms with Crippen LogP contribution in [-0.4, -0.2) is 72.0 Å². The molecule has 0 aromatic rings. The Hall–Kier alpha value is -1.55. The topological polar surface area (TPSA) is 105 Å². The minimum Gasteiger partial charge on any atom is -0.444 e. The second-order valence-corrected chi connectivity index (χ2v) is 10.6. The summed E-state index contributed by atoms with van der Waals surface area (Å²) in [6, 6.07) is -0.172. The van der Waals surface area contributed by atoms with Crippen LogP contribution in [0.5, 0.6) is 0 Å². The third kappa shape index (κ3) is 5.73. The lowest BCUT2D eigenvalue weighted by molar-refractivity contribution is -0.117. The summed E-state index contributed by atoms with van der Waals surface area (Å²) in [5, 5.41) is 2.93. The van der Waals surface area contributed by atoms with Crippen molar-refractivity contribution in [3.05, 3.63) is 12.7 Å². The summed E-state index contributed by atoms with van der Waals surface area (Å²) in [5.74, 6) is -0.199. The average Bonchev–Trinajstić information content (AvgIpc) is 2.90. The highest BCUT2D eigenvalue weighted by atomic mass is 32.2. The predicted octanol–water partition coefficient (Wildman–Crippen LogP) is 1.18. The SMILES string of the molecule is C=CCN1C(=NC(=O)CCNC(=O)OC(C)(C)C)S[C@H]2CS(=O)(=O)C[C@@H]21. The van der Waals surface area contributed by atoms with Crippen molar-refractivity contribution >= 4 is 38.8 Å². The van der Waals surface area contributed by atoms with Crippen LogP contribution in [0.25, 0.3) is 0 Å². The maximum Gasteiger partial charge on any atom is 0.407 e. The molecule has 2 heterocycles. The number of amides is 2. The quantitative estimate of drug-likeness (QED) is 0.687. The molecule has 8 nitrogen and oxygen atoms in total. The van der Waals surface area contributed by atoms with Crippen LogP contribution < -0.4 is 5.32 Å². The molecule has 0 spiro atoms. The molecule has 2 atom stereocenters. The Morgan fingerprint density at radius 1 is 1.42 bits per heavy atom. The summed E-state index contributed by atoms with van der Waals surface area (Å²) in [7, 11) is -3.05. The lowest BCUT2D eigenvalue weighted by Gasteiger charge is -2.22. The molecule has 2 rings (SSSR count). The predicted molar refractivity (Wildman–Crippen MR) is 102 cm³/mol. The van der Waals surface area contributed by atoms with Gasteiger partial charge in [-0.05, 0) is 20.8 Å². The molecule has 0 bridgehead atoms. The number of thioether (sulfide) groups is 1. The highest BCUT2D eigenvalue weighted by Crippen LogP contribution is 2.37. The smallest absolute Gasteiger partial charge is 0.407 e. The summed E-state index contributed by atoms with van der Waals surface area (Å²) >= 11 is 1.32. The van der Waals surface area contributed by atoms with Gasteiger partial charge in [-0.1, -0.05) is 17.8 Å². The van der Waals surface area contributed by atoms with Crippen molar-refractivity contribution in [1.29, 1.82) is 0 Å². The standard InChI is InChI=1S/C16H25N3O5S2/c1-5-8-19-11-9-26(22,23)10-12(11)25-14(19)18-13(20)6-7-17-15(21)24-16(2,3)4/h5,11-12H,1,6-10H2,2-4H3,(H,17,21)/t11-,12-/m0/s1. The molecule has 26 heavy (non-hydrogen) atoms. The molecule has 0 saturated carbocycles. The van der Waals surface area contributed by atoms with Gasteiger partial charge in [0.05, 0.1) is 17.5 Å². The second kappa shape index (κ2) is 7.99. The van der Waals surface area contributed by atoms with Crippen LogP contribution in [0.2, 0.25) is 0 Å². The fraction of sp³-hybridized carbons (Fsp3) is 0.688. The normalized spacial score (nSPS) is 25.8. The summed E-state index contributed by atoms with van der Waals surface area (Å²) in [6.07, 6.45) is 1.12. The number of sulfone groups is 1. The molecule has 0 aliphatic carbocycles. The van der Waals surface area contributed by atoms with Crippen LogP contribution in [0, 0.1) is 0 Å². The van der Waals surface area contributed by atoms with Gasteiger partial charge in [-0.25, -0.2) is 13.2 Å². The van der Waals surface area contributed by atoms with Crippen molar-refractivity contribution in [1.82, 2.24) is 10.2 Å². The summed E-state index contributed by atoms with van der Waals surface area (Å²) in [6.45, 7) is 9.51. The van der Waals surface area contributed by atoms with E-state index in [1.807, 2.05) is 4.90 Å². The Morgan fingerprint density at radius 2 is 2.12 bits per heavy atom. The highest BCUT2D eigenvalue weighted by Gasteiger charge is 2.48. The largest absolute Gasteiger partial charge is 0.444 e. The van der Waals surface area contributed by atoms with Crippen LogP contribution in [0.1, 0.15) is 27.2 Å². The number of hydrogen-bond acceptors (Lipinski definition) is 6. The number of nitrogens with one attached hydrogen (secondary N) is 1. The van der Waals surface area contributed by atoms with Gasteiger partial charge in [0.2, 0.25) is 5.91 Å². The summed E-state index contributed by atoms with van der Waals surface area (Å²) in [5.41, 5.74) is -0.599. The molecule has 2 aliphatic heterocycles. The molecule has 2 fully saturated rings. The first kappa shape index (κ1) is 20.8. The molecule has 2 amide bonds. The Labute approximate surface area is 158 Å².